The van der Waals surface area contributed by atoms with Gasteiger partial charge in [0.15, 0.2) is 0 Å². The van der Waals surface area contributed by atoms with E-state index in [9.17, 15) is 9.59 Å². The van der Waals surface area contributed by atoms with E-state index in [1.807, 2.05) is 24.3 Å². The average molecular weight is 327 g/mol. The third-order valence-electron chi connectivity index (χ3n) is 3.19. The Morgan fingerprint density at radius 2 is 2.05 bits per heavy atom. The lowest BCUT2D eigenvalue weighted by molar-refractivity contribution is -0.146. The van der Waals surface area contributed by atoms with Gasteiger partial charge >= 0.3 is 12.0 Å². The van der Waals surface area contributed by atoms with Gasteiger partial charge in [0, 0.05) is 31.2 Å². The van der Waals surface area contributed by atoms with Gasteiger partial charge in [0.1, 0.15) is 0 Å². The normalized spacial score (nSPS) is 14.9. The van der Waals surface area contributed by atoms with Gasteiger partial charge < -0.3 is 14.9 Å². The Bertz CT molecular complexity index is 500. The van der Waals surface area contributed by atoms with Crippen LogP contribution < -0.4 is 0 Å². The summed E-state index contributed by atoms with van der Waals surface area (Å²) < 4.78 is 0.960. The molecule has 0 radical (unpaired) electrons. The van der Waals surface area contributed by atoms with Crippen molar-refractivity contribution < 1.29 is 14.7 Å². The largest absolute Gasteiger partial charge is 0.481 e. The molecular formula is C13H15BrN2O3. The van der Waals surface area contributed by atoms with Crippen LogP contribution in [0.5, 0.6) is 0 Å². The fourth-order valence-electron chi connectivity index (χ4n) is 1.98. The van der Waals surface area contributed by atoms with Gasteiger partial charge in [-0.15, -0.1) is 0 Å². The van der Waals surface area contributed by atoms with Crippen LogP contribution in [0.2, 0.25) is 0 Å². The zero-order valence-electron chi connectivity index (χ0n) is 10.5. The fraction of sp³-hybridized carbons (Fsp3) is 0.385. The number of amides is 2. The topological polar surface area (TPSA) is 60.9 Å². The molecule has 1 heterocycles. The molecule has 0 aromatic heterocycles. The molecule has 0 aliphatic carbocycles. The van der Waals surface area contributed by atoms with Crippen molar-refractivity contribution >= 4 is 27.9 Å². The summed E-state index contributed by atoms with van der Waals surface area (Å²) in [4.78, 5) is 25.9. The summed E-state index contributed by atoms with van der Waals surface area (Å²) in [5.41, 5.74) is 1.02. The van der Waals surface area contributed by atoms with Crippen molar-refractivity contribution in [1.82, 2.24) is 9.80 Å². The Morgan fingerprint density at radius 1 is 1.42 bits per heavy atom. The Hall–Kier alpha value is -1.56. The minimum Gasteiger partial charge on any atom is -0.481 e. The van der Waals surface area contributed by atoms with E-state index in [1.54, 1.807) is 16.8 Å². The number of hydrogen-bond donors (Lipinski definition) is 1. The summed E-state index contributed by atoms with van der Waals surface area (Å²) in [6.45, 7) is 1.09. The van der Waals surface area contributed by atoms with Crippen LogP contribution in [-0.4, -0.2) is 47.0 Å². The van der Waals surface area contributed by atoms with Gasteiger partial charge in [0.25, 0.3) is 0 Å². The highest BCUT2D eigenvalue weighted by Gasteiger charge is 2.36. The van der Waals surface area contributed by atoms with Crippen molar-refractivity contribution in [3.63, 3.8) is 0 Å². The molecule has 1 saturated heterocycles. The molecule has 2 rings (SSSR count). The zero-order chi connectivity index (χ0) is 14.0. The van der Waals surface area contributed by atoms with Crippen LogP contribution in [0.3, 0.4) is 0 Å². The highest BCUT2D eigenvalue weighted by Crippen LogP contribution is 2.20. The number of benzene rings is 1. The van der Waals surface area contributed by atoms with E-state index >= 15 is 0 Å². The minimum atomic E-state index is -0.836. The van der Waals surface area contributed by atoms with Crippen LogP contribution in [0.25, 0.3) is 0 Å². The second kappa shape index (κ2) is 5.61. The third kappa shape index (κ3) is 3.07. The first-order chi connectivity index (χ1) is 8.99. The van der Waals surface area contributed by atoms with Gasteiger partial charge in [-0.2, -0.15) is 0 Å². The Morgan fingerprint density at radius 3 is 2.63 bits per heavy atom. The molecular weight excluding hydrogens is 312 g/mol. The number of aliphatic carboxylic acids is 1. The lowest BCUT2D eigenvalue weighted by Gasteiger charge is -2.39. The molecule has 1 aliphatic rings. The van der Waals surface area contributed by atoms with E-state index in [-0.39, 0.29) is 6.03 Å². The van der Waals surface area contributed by atoms with Crippen LogP contribution in [0.4, 0.5) is 4.79 Å². The van der Waals surface area contributed by atoms with Crippen LogP contribution in [0, 0.1) is 5.92 Å². The van der Waals surface area contributed by atoms with Gasteiger partial charge in [0.05, 0.1) is 5.92 Å². The number of hydrogen-bond acceptors (Lipinski definition) is 2. The predicted molar refractivity (Wildman–Crippen MR) is 73.7 cm³/mol. The first-order valence-electron chi connectivity index (χ1n) is 5.95. The smallest absolute Gasteiger partial charge is 0.320 e. The molecule has 0 spiro atoms. The van der Waals surface area contributed by atoms with E-state index < -0.39 is 11.9 Å². The summed E-state index contributed by atoms with van der Waals surface area (Å²) >= 11 is 3.44. The first-order valence-corrected chi connectivity index (χ1v) is 6.74. The number of carboxylic acid groups (broad SMARTS) is 1. The van der Waals surface area contributed by atoms with Gasteiger partial charge in [-0.1, -0.05) is 34.1 Å². The monoisotopic (exact) mass is 326 g/mol. The second-order valence-electron chi connectivity index (χ2n) is 4.67. The van der Waals surface area contributed by atoms with Crippen LogP contribution in [0.15, 0.2) is 28.7 Å². The molecule has 1 fully saturated rings. The van der Waals surface area contributed by atoms with Crippen LogP contribution in [0.1, 0.15) is 5.56 Å². The summed E-state index contributed by atoms with van der Waals surface area (Å²) in [6, 6.07) is 7.58. The summed E-state index contributed by atoms with van der Waals surface area (Å²) in [5.74, 6) is -1.25. The molecule has 0 bridgehead atoms. The molecule has 1 aliphatic heterocycles. The third-order valence-corrected chi connectivity index (χ3v) is 3.97. The molecule has 102 valence electrons. The molecule has 1 aromatic carbocycles. The van der Waals surface area contributed by atoms with Crippen molar-refractivity contribution in [3.8, 4) is 0 Å². The highest BCUT2D eigenvalue weighted by atomic mass is 79.9. The van der Waals surface area contributed by atoms with Gasteiger partial charge in [0.2, 0.25) is 0 Å². The average Bonchev–Trinajstić information content (AvgIpc) is 2.29. The van der Waals surface area contributed by atoms with E-state index in [2.05, 4.69) is 15.9 Å². The van der Waals surface area contributed by atoms with E-state index in [1.165, 1.54) is 0 Å². The Labute approximate surface area is 119 Å². The number of halogens is 1. The molecule has 1 aromatic rings. The van der Waals surface area contributed by atoms with Gasteiger partial charge in [-0.05, 0) is 11.6 Å². The molecule has 0 saturated carbocycles. The maximum atomic E-state index is 12.1. The molecule has 0 atom stereocenters. The first kappa shape index (κ1) is 13.9. The maximum absolute atomic E-state index is 12.1. The number of likely N-dealkylation sites (tertiary alicyclic amines) is 1. The maximum Gasteiger partial charge on any atom is 0.320 e. The molecule has 2 amide bonds. The van der Waals surface area contributed by atoms with Crippen molar-refractivity contribution in [3.05, 3.63) is 34.3 Å². The van der Waals surface area contributed by atoms with Crippen molar-refractivity contribution in [2.24, 2.45) is 5.92 Å². The number of carbonyl (C=O) groups is 2. The second-order valence-corrected chi connectivity index (χ2v) is 5.52. The number of nitrogens with zero attached hydrogens (tertiary/aromatic N) is 2. The Kier molecular flexibility index (Phi) is 4.09. The Balaban J connectivity index is 1.91. The van der Waals surface area contributed by atoms with Crippen molar-refractivity contribution in [2.45, 2.75) is 6.54 Å². The van der Waals surface area contributed by atoms with Crippen molar-refractivity contribution in [2.75, 3.05) is 20.1 Å². The SMILES string of the molecule is CN(Cc1ccccc1Br)C(=O)N1CC(C(=O)O)C1. The predicted octanol–water partition coefficient (Wildman–Crippen LogP) is 2.02. The number of carboxylic acids is 1. The molecule has 19 heavy (non-hydrogen) atoms. The quantitative estimate of drug-likeness (QED) is 0.924. The fourth-order valence-corrected chi connectivity index (χ4v) is 2.39. The lowest BCUT2D eigenvalue weighted by atomic mass is 10.0. The van der Waals surface area contributed by atoms with Gasteiger partial charge in [-0.3, -0.25) is 4.79 Å². The molecule has 1 N–H and O–H groups in total. The highest BCUT2D eigenvalue weighted by molar-refractivity contribution is 9.10. The summed E-state index contributed by atoms with van der Waals surface area (Å²) in [6.07, 6.45) is 0. The number of carbonyl (C=O) groups excluding carboxylic acids is 1. The van der Waals surface area contributed by atoms with Gasteiger partial charge in [-0.25, -0.2) is 4.79 Å². The molecule has 5 nitrogen and oxygen atoms in total. The van der Waals surface area contributed by atoms with E-state index in [0.29, 0.717) is 19.6 Å². The number of urea groups is 1. The van der Waals surface area contributed by atoms with Crippen LogP contribution in [-0.2, 0) is 11.3 Å². The summed E-state index contributed by atoms with van der Waals surface area (Å²) in [5, 5.41) is 8.79. The number of rotatable bonds is 3. The van der Waals surface area contributed by atoms with E-state index in [4.69, 9.17) is 5.11 Å². The standard InChI is InChI=1S/C13H15BrN2O3/c1-15(6-9-4-2-3-5-11(9)14)13(19)16-7-10(8-16)12(17)18/h2-5,10H,6-8H2,1H3,(H,17,18). The summed E-state index contributed by atoms with van der Waals surface area (Å²) in [7, 11) is 1.72. The zero-order valence-corrected chi connectivity index (χ0v) is 12.1. The van der Waals surface area contributed by atoms with Crippen molar-refractivity contribution in [1.29, 1.82) is 0 Å². The van der Waals surface area contributed by atoms with E-state index in [0.717, 1.165) is 10.0 Å². The van der Waals surface area contributed by atoms with Crippen LogP contribution >= 0.6 is 15.9 Å². The minimum absolute atomic E-state index is 0.131. The molecule has 6 heteroatoms. The lowest BCUT2D eigenvalue weighted by Crippen LogP contribution is -2.56. The molecule has 0 unspecified atom stereocenters.